The molecule has 0 unspecified atom stereocenters. The Hall–Kier alpha value is -3.69. The van der Waals surface area contributed by atoms with Crippen LogP contribution in [0, 0.1) is 0 Å². The number of nitrogens with zero attached hydrogens (tertiary/aromatic N) is 2. The fourth-order valence-electron chi connectivity index (χ4n) is 4.04. The highest BCUT2D eigenvalue weighted by Crippen LogP contribution is 2.30. The number of carbonyl (C=O) groups is 1. The molecule has 0 bridgehead atoms. The van der Waals surface area contributed by atoms with E-state index in [-0.39, 0.29) is 18.5 Å². The van der Waals surface area contributed by atoms with E-state index < -0.39 is 11.7 Å². The molecule has 3 aromatic carbocycles. The summed E-state index contributed by atoms with van der Waals surface area (Å²) >= 11 is 1.36. The lowest BCUT2D eigenvalue weighted by atomic mass is 10.1. The lowest BCUT2D eigenvalue weighted by molar-refractivity contribution is -0.137. The third-order valence-corrected chi connectivity index (χ3v) is 7.21. The zero-order valence-electron chi connectivity index (χ0n) is 22.4. The predicted octanol–water partition coefficient (Wildman–Crippen LogP) is 7.47. The normalized spacial score (nSPS) is 12.3. The van der Waals surface area contributed by atoms with E-state index in [0.717, 1.165) is 29.4 Å². The standard InChI is InChI=1S/C31H32F3N3O2S/c1-3-22(2)35-30(38)28-21-40-29(36-28)19-37(18-25-10-7-11-26(16-25)31(32,33)34)17-23-12-14-27(15-13-23)39-20-24-8-5-4-6-9-24/h4-16,21-22H,3,17-20H2,1-2H3,(H,35,38)/t22-/m1/s1. The smallest absolute Gasteiger partial charge is 0.416 e. The number of nitrogens with one attached hydrogen (secondary N) is 1. The minimum Gasteiger partial charge on any atom is -0.489 e. The first kappa shape index (κ1) is 29.3. The third kappa shape index (κ3) is 8.66. The average molecular weight is 568 g/mol. The fourth-order valence-corrected chi connectivity index (χ4v) is 4.86. The summed E-state index contributed by atoms with van der Waals surface area (Å²) < 4.78 is 45.9. The molecule has 5 nitrogen and oxygen atoms in total. The van der Waals surface area contributed by atoms with Gasteiger partial charge in [0.1, 0.15) is 23.1 Å². The van der Waals surface area contributed by atoms with Crippen LogP contribution in [-0.2, 0) is 32.4 Å². The Kier molecular flexibility index (Phi) is 9.95. The van der Waals surface area contributed by atoms with Gasteiger partial charge in [-0.05, 0) is 48.2 Å². The van der Waals surface area contributed by atoms with Gasteiger partial charge in [-0.15, -0.1) is 11.3 Å². The first-order chi connectivity index (χ1) is 19.2. The highest BCUT2D eigenvalue weighted by Gasteiger charge is 2.30. The Morgan fingerprint density at radius 1 is 0.950 bits per heavy atom. The van der Waals surface area contributed by atoms with Gasteiger partial charge in [0, 0.05) is 24.5 Å². The highest BCUT2D eigenvalue weighted by atomic mass is 32.1. The summed E-state index contributed by atoms with van der Waals surface area (Å²) in [5.74, 6) is 0.501. The average Bonchev–Trinajstić information content (AvgIpc) is 3.41. The number of halogens is 3. The van der Waals surface area contributed by atoms with Gasteiger partial charge in [-0.1, -0.05) is 67.6 Å². The molecule has 9 heteroatoms. The van der Waals surface area contributed by atoms with Gasteiger partial charge in [-0.2, -0.15) is 13.2 Å². The molecule has 0 radical (unpaired) electrons. The number of alkyl halides is 3. The van der Waals surface area contributed by atoms with E-state index in [1.165, 1.54) is 23.5 Å². The molecule has 0 aliphatic rings. The Morgan fingerprint density at radius 3 is 2.35 bits per heavy atom. The van der Waals surface area contributed by atoms with Gasteiger partial charge in [0.05, 0.1) is 12.1 Å². The fraction of sp³-hybridized carbons (Fsp3) is 0.290. The Labute approximate surface area is 236 Å². The second-order valence-corrected chi connectivity index (χ2v) is 10.6. The first-order valence-electron chi connectivity index (χ1n) is 13.1. The summed E-state index contributed by atoms with van der Waals surface area (Å²) in [6.45, 7) is 5.51. The van der Waals surface area contributed by atoms with Crippen molar-refractivity contribution >= 4 is 17.2 Å². The maximum Gasteiger partial charge on any atom is 0.416 e. The Morgan fingerprint density at radius 2 is 1.65 bits per heavy atom. The number of ether oxygens (including phenoxy) is 1. The van der Waals surface area contributed by atoms with Crippen molar-refractivity contribution < 1.29 is 22.7 Å². The minimum absolute atomic E-state index is 0.0368. The van der Waals surface area contributed by atoms with Crippen molar-refractivity contribution in [3.05, 3.63) is 117 Å². The quantitative estimate of drug-likeness (QED) is 0.193. The number of aromatic nitrogens is 1. The lowest BCUT2D eigenvalue weighted by Gasteiger charge is -2.22. The summed E-state index contributed by atoms with van der Waals surface area (Å²) in [5.41, 5.74) is 2.26. The molecule has 0 fully saturated rings. The van der Waals surface area contributed by atoms with Crippen LogP contribution in [0.25, 0.3) is 0 Å². The number of benzene rings is 3. The molecular formula is C31H32F3N3O2S. The van der Waals surface area contributed by atoms with Gasteiger partial charge in [0.15, 0.2) is 0 Å². The molecule has 210 valence electrons. The number of amides is 1. The van der Waals surface area contributed by atoms with Crippen molar-refractivity contribution in [2.45, 2.75) is 58.7 Å². The van der Waals surface area contributed by atoms with Gasteiger partial charge >= 0.3 is 6.18 Å². The number of rotatable bonds is 12. The van der Waals surface area contributed by atoms with Gasteiger partial charge in [0.25, 0.3) is 5.91 Å². The molecule has 0 aliphatic heterocycles. The van der Waals surface area contributed by atoms with Crippen LogP contribution in [0.4, 0.5) is 13.2 Å². The van der Waals surface area contributed by atoms with Crippen LogP contribution in [0.5, 0.6) is 5.75 Å². The predicted molar refractivity (Wildman–Crippen MR) is 151 cm³/mol. The first-order valence-corrected chi connectivity index (χ1v) is 14.0. The van der Waals surface area contributed by atoms with Crippen LogP contribution in [0.15, 0.2) is 84.2 Å². The maximum atomic E-state index is 13.3. The molecule has 0 saturated carbocycles. The Balaban J connectivity index is 1.48. The van der Waals surface area contributed by atoms with Crippen molar-refractivity contribution in [3.63, 3.8) is 0 Å². The lowest BCUT2D eigenvalue weighted by Crippen LogP contribution is -2.32. The highest BCUT2D eigenvalue weighted by molar-refractivity contribution is 7.09. The molecule has 1 amide bonds. The molecule has 4 aromatic rings. The molecule has 1 heterocycles. The second kappa shape index (κ2) is 13.6. The van der Waals surface area contributed by atoms with Crippen molar-refractivity contribution in [3.8, 4) is 5.75 Å². The minimum atomic E-state index is -4.41. The van der Waals surface area contributed by atoms with Crippen LogP contribution in [-0.4, -0.2) is 21.8 Å². The molecule has 0 saturated heterocycles. The van der Waals surface area contributed by atoms with Gasteiger partial charge in [0.2, 0.25) is 0 Å². The molecule has 0 aliphatic carbocycles. The topological polar surface area (TPSA) is 54.5 Å². The van der Waals surface area contributed by atoms with Crippen LogP contribution in [0.1, 0.15) is 58.0 Å². The summed E-state index contributed by atoms with van der Waals surface area (Å²) in [7, 11) is 0. The van der Waals surface area contributed by atoms with E-state index in [0.29, 0.717) is 36.0 Å². The van der Waals surface area contributed by atoms with Crippen LogP contribution < -0.4 is 10.1 Å². The number of hydrogen-bond acceptors (Lipinski definition) is 5. The molecule has 1 aromatic heterocycles. The maximum absolute atomic E-state index is 13.3. The summed E-state index contributed by atoms with van der Waals surface area (Å²) in [5, 5.41) is 5.34. The number of hydrogen-bond donors (Lipinski definition) is 1. The van der Waals surface area contributed by atoms with Crippen molar-refractivity contribution in [2.75, 3.05) is 0 Å². The van der Waals surface area contributed by atoms with E-state index in [4.69, 9.17) is 4.74 Å². The van der Waals surface area contributed by atoms with Gasteiger partial charge < -0.3 is 10.1 Å². The Bertz CT molecular complexity index is 1370. The zero-order chi connectivity index (χ0) is 28.5. The van der Waals surface area contributed by atoms with Gasteiger partial charge in [-0.25, -0.2) is 4.98 Å². The zero-order valence-corrected chi connectivity index (χ0v) is 23.3. The van der Waals surface area contributed by atoms with E-state index in [1.807, 2.05) is 73.3 Å². The summed E-state index contributed by atoms with van der Waals surface area (Å²) in [6, 6.07) is 23.0. The van der Waals surface area contributed by atoms with E-state index >= 15 is 0 Å². The van der Waals surface area contributed by atoms with E-state index in [9.17, 15) is 18.0 Å². The molecule has 0 spiro atoms. The van der Waals surface area contributed by atoms with Crippen LogP contribution in [0.2, 0.25) is 0 Å². The molecule has 40 heavy (non-hydrogen) atoms. The molecular weight excluding hydrogens is 535 g/mol. The molecule has 4 rings (SSSR count). The van der Waals surface area contributed by atoms with Crippen LogP contribution in [0.3, 0.4) is 0 Å². The summed E-state index contributed by atoms with van der Waals surface area (Å²) in [4.78, 5) is 19.0. The largest absolute Gasteiger partial charge is 0.489 e. The van der Waals surface area contributed by atoms with Crippen LogP contribution >= 0.6 is 11.3 Å². The van der Waals surface area contributed by atoms with Crippen molar-refractivity contribution in [1.29, 1.82) is 0 Å². The number of thiazole rings is 1. The summed E-state index contributed by atoms with van der Waals surface area (Å²) in [6.07, 6.45) is -3.60. The number of carbonyl (C=O) groups excluding carboxylic acids is 1. The second-order valence-electron chi connectivity index (χ2n) is 9.67. The van der Waals surface area contributed by atoms with E-state index in [1.54, 1.807) is 11.4 Å². The third-order valence-electron chi connectivity index (χ3n) is 6.37. The van der Waals surface area contributed by atoms with Crippen molar-refractivity contribution in [2.24, 2.45) is 0 Å². The molecule has 1 atom stereocenters. The van der Waals surface area contributed by atoms with E-state index in [2.05, 4.69) is 10.3 Å². The van der Waals surface area contributed by atoms with Gasteiger partial charge in [-0.3, -0.25) is 9.69 Å². The SMILES string of the molecule is CC[C@@H](C)NC(=O)c1csc(CN(Cc2ccc(OCc3ccccc3)cc2)Cc2cccc(C(F)(F)F)c2)n1. The van der Waals surface area contributed by atoms with Crippen molar-refractivity contribution in [1.82, 2.24) is 15.2 Å². The monoisotopic (exact) mass is 567 g/mol. The molecule has 1 N–H and O–H groups in total.